The Labute approximate surface area is 81.2 Å². The number of quaternary nitrogens is 2. The van der Waals surface area contributed by atoms with E-state index in [2.05, 4.69) is 19.6 Å². The van der Waals surface area contributed by atoms with Gasteiger partial charge in [-0.25, -0.2) is 0 Å². The summed E-state index contributed by atoms with van der Waals surface area (Å²) < 4.78 is 5.69. The van der Waals surface area contributed by atoms with Gasteiger partial charge in [0, 0.05) is 12.8 Å². The van der Waals surface area contributed by atoms with Crippen molar-refractivity contribution in [2.24, 2.45) is 0 Å². The molecule has 0 aromatic heterocycles. The molecule has 0 aromatic rings. The van der Waals surface area contributed by atoms with Crippen molar-refractivity contribution < 1.29 is 15.4 Å². The molecule has 0 aromatic carbocycles. The Kier molecular flexibility index (Phi) is 4.70. The molecule has 1 aliphatic heterocycles. The Morgan fingerprint density at radius 1 is 1.23 bits per heavy atom. The third kappa shape index (κ3) is 4.07. The summed E-state index contributed by atoms with van der Waals surface area (Å²) in [4.78, 5) is 1.71. The fourth-order valence-electron chi connectivity index (χ4n) is 2.15. The summed E-state index contributed by atoms with van der Waals surface area (Å²) in [7, 11) is 0. The minimum Gasteiger partial charge on any atom is -0.364 e. The van der Waals surface area contributed by atoms with Crippen LogP contribution in [-0.4, -0.2) is 38.4 Å². The summed E-state index contributed by atoms with van der Waals surface area (Å²) in [6.45, 7) is 9.10. The van der Waals surface area contributed by atoms with Gasteiger partial charge in [0.25, 0.3) is 0 Å². The Bertz CT molecular complexity index is 131. The average Bonchev–Trinajstić information content (AvgIpc) is 2.03. The lowest BCUT2D eigenvalue weighted by Gasteiger charge is -2.32. The van der Waals surface area contributed by atoms with Crippen LogP contribution < -0.4 is 10.6 Å². The van der Waals surface area contributed by atoms with E-state index in [9.17, 15) is 0 Å². The average molecular weight is 188 g/mol. The molecule has 4 N–H and O–H groups in total. The van der Waals surface area contributed by atoms with Gasteiger partial charge >= 0.3 is 0 Å². The first-order chi connectivity index (χ1) is 6.22. The maximum atomic E-state index is 5.69. The highest BCUT2D eigenvalue weighted by Crippen LogP contribution is 1.98. The maximum Gasteiger partial charge on any atom is 0.104 e. The molecule has 1 fully saturated rings. The minimum absolute atomic E-state index is 0.443. The molecule has 0 spiro atoms. The molecule has 0 bridgehead atoms. The summed E-state index contributed by atoms with van der Waals surface area (Å²) in [5, 5.41) is 0. The SMILES string of the molecule is C[C@@H]1C[NH+](CCCC[NH3+])C[C@H](C)O1. The van der Waals surface area contributed by atoms with Gasteiger partial charge in [-0.05, 0) is 13.8 Å². The van der Waals surface area contributed by atoms with Crippen LogP contribution in [0, 0.1) is 0 Å². The van der Waals surface area contributed by atoms with Crippen LogP contribution >= 0.6 is 0 Å². The van der Waals surface area contributed by atoms with Crippen LogP contribution in [0.1, 0.15) is 26.7 Å². The quantitative estimate of drug-likeness (QED) is 0.529. The first-order valence-electron chi connectivity index (χ1n) is 5.50. The number of rotatable bonds is 4. The van der Waals surface area contributed by atoms with Crippen LogP contribution in [0.15, 0.2) is 0 Å². The highest BCUT2D eigenvalue weighted by atomic mass is 16.5. The van der Waals surface area contributed by atoms with Gasteiger partial charge in [0.15, 0.2) is 0 Å². The Morgan fingerprint density at radius 2 is 1.85 bits per heavy atom. The van der Waals surface area contributed by atoms with E-state index in [0.29, 0.717) is 12.2 Å². The van der Waals surface area contributed by atoms with Crippen molar-refractivity contribution >= 4 is 0 Å². The first-order valence-corrected chi connectivity index (χ1v) is 5.50. The molecule has 13 heavy (non-hydrogen) atoms. The zero-order valence-electron chi connectivity index (χ0n) is 9.01. The van der Waals surface area contributed by atoms with Gasteiger partial charge in [0.05, 0.1) is 13.1 Å². The second-order valence-corrected chi connectivity index (χ2v) is 4.23. The van der Waals surface area contributed by atoms with Crippen molar-refractivity contribution in [1.82, 2.24) is 0 Å². The number of nitrogens with one attached hydrogen (secondary N) is 1. The summed E-state index contributed by atoms with van der Waals surface area (Å²) >= 11 is 0. The van der Waals surface area contributed by atoms with Crippen LogP contribution in [0.5, 0.6) is 0 Å². The molecule has 0 saturated carbocycles. The van der Waals surface area contributed by atoms with Crippen LogP contribution in [0.3, 0.4) is 0 Å². The van der Waals surface area contributed by atoms with Gasteiger partial charge in [-0.3, -0.25) is 0 Å². The minimum atomic E-state index is 0.443. The largest absolute Gasteiger partial charge is 0.364 e. The van der Waals surface area contributed by atoms with E-state index in [1.165, 1.54) is 32.5 Å². The standard InChI is InChI=1S/C10H22N2O/c1-9-7-12(6-4-3-5-11)8-10(2)13-9/h9-10H,3-8,11H2,1-2H3/p+2/t9-,10+. The zero-order chi connectivity index (χ0) is 9.68. The molecule has 1 saturated heterocycles. The smallest absolute Gasteiger partial charge is 0.104 e. The van der Waals surface area contributed by atoms with E-state index in [-0.39, 0.29) is 0 Å². The lowest BCUT2D eigenvalue weighted by atomic mass is 10.2. The molecular formula is C10H24N2O+2. The monoisotopic (exact) mass is 188 g/mol. The first kappa shape index (κ1) is 11.0. The van der Waals surface area contributed by atoms with E-state index in [4.69, 9.17) is 4.74 Å². The molecule has 3 heteroatoms. The van der Waals surface area contributed by atoms with Gasteiger partial charge in [-0.2, -0.15) is 0 Å². The van der Waals surface area contributed by atoms with Crippen molar-refractivity contribution in [3.05, 3.63) is 0 Å². The lowest BCUT2D eigenvalue weighted by molar-refractivity contribution is -0.915. The van der Waals surface area contributed by atoms with Crippen LogP contribution in [0.2, 0.25) is 0 Å². The van der Waals surface area contributed by atoms with E-state index >= 15 is 0 Å². The Balaban J connectivity index is 2.17. The van der Waals surface area contributed by atoms with Crippen LogP contribution in [-0.2, 0) is 4.74 Å². The predicted molar refractivity (Wildman–Crippen MR) is 52.6 cm³/mol. The van der Waals surface area contributed by atoms with Crippen molar-refractivity contribution in [3.8, 4) is 0 Å². The Morgan fingerprint density at radius 3 is 2.38 bits per heavy atom. The highest BCUT2D eigenvalue weighted by Gasteiger charge is 2.24. The molecule has 1 heterocycles. The van der Waals surface area contributed by atoms with Crippen molar-refractivity contribution in [2.45, 2.75) is 38.9 Å². The number of hydrogen-bond acceptors (Lipinski definition) is 1. The van der Waals surface area contributed by atoms with Gasteiger partial charge in [-0.1, -0.05) is 0 Å². The number of unbranched alkanes of at least 4 members (excludes halogenated alkanes) is 1. The Hall–Kier alpha value is -0.120. The predicted octanol–water partition coefficient (Wildman–Crippen LogP) is -1.30. The molecule has 78 valence electrons. The van der Waals surface area contributed by atoms with Gasteiger partial charge < -0.3 is 15.4 Å². The zero-order valence-corrected chi connectivity index (χ0v) is 9.01. The number of ether oxygens (including phenoxy) is 1. The third-order valence-corrected chi connectivity index (χ3v) is 2.65. The van der Waals surface area contributed by atoms with Crippen molar-refractivity contribution in [2.75, 3.05) is 26.2 Å². The second-order valence-electron chi connectivity index (χ2n) is 4.23. The number of morpholine rings is 1. The maximum absolute atomic E-state index is 5.69. The fraction of sp³-hybridized carbons (Fsp3) is 1.00. The molecule has 1 aliphatic rings. The van der Waals surface area contributed by atoms with Gasteiger partial charge in [-0.15, -0.1) is 0 Å². The summed E-state index contributed by atoms with van der Waals surface area (Å²) in [5.74, 6) is 0. The van der Waals surface area contributed by atoms with Gasteiger partial charge in [0.1, 0.15) is 25.3 Å². The van der Waals surface area contributed by atoms with E-state index in [1.807, 2.05) is 0 Å². The molecule has 0 aliphatic carbocycles. The van der Waals surface area contributed by atoms with Crippen LogP contribution in [0.4, 0.5) is 0 Å². The lowest BCUT2D eigenvalue weighted by Crippen LogP contribution is -3.15. The van der Waals surface area contributed by atoms with Gasteiger partial charge in [0.2, 0.25) is 0 Å². The van der Waals surface area contributed by atoms with E-state index in [0.717, 1.165) is 6.54 Å². The summed E-state index contributed by atoms with van der Waals surface area (Å²) in [5.41, 5.74) is 3.86. The number of hydrogen-bond donors (Lipinski definition) is 2. The van der Waals surface area contributed by atoms with Crippen molar-refractivity contribution in [3.63, 3.8) is 0 Å². The molecule has 0 radical (unpaired) electrons. The molecule has 3 nitrogen and oxygen atoms in total. The topological polar surface area (TPSA) is 41.3 Å². The van der Waals surface area contributed by atoms with Crippen molar-refractivity contribution in [1.29, 1.82) is 0 Å². The molecule has 0 amide bonds. The molecular weight excluding hydrogens is 164 g/mol. The van der Waals surface area contributed by atoms with Crippen LogP contribution in [0.25, 0.3) is 0 Å². The normalized spacial score (nSPS) is 34.8. The second kappa shape index (κ2) is 5.58. The van der Waals surface area contributed by atoms with E-state index < -0.39 is 0 Å². The highest BCUT2D eigenvalue weighted by molar-refractivity contribution is 4.58. The van der Waals surface area contributed by atoms with E-state index in [1.54, 1.807) is 4.90 Å². The molecule has 1 unspecified atom stereocenters. The molecule has 3 atom stereocenters. The third-order valence-electron chi connectivity index (χ3n) is 2.65. The summed E-state index contributed by atoms with van der Waals surface area (Å²) in [6.07, 6.45) is 3.47. The molecule has 1 rings (SSSR count). The fourth-order valence-corrected chi connectivity index (χ4v) is 2.15. The summed E-state index contributed by atoms with van der Waals surface area (Å²) in [6, 6.07) is 0.